The van der Waals surface area contributed by atoms with Gasteiger partial charge in [0.25, 0.3) is 0 Å². The number of amides is 2. The molecule has 1 aliphatic heterocycles. The van der Waals surface area contributed by atoms with Crippen LogP contribution >= 0.6 is 0 Å². The molecule has 0 radical (unpaired) electrons. The molecule has 2 atom stereocenters. The van der Waals surface area contributed by atoms with Gasteiger partial charge in [0.05, 0.1) is 18.4 Å². The lowest BCUT2D eigenvalue weighted by atomic mass is 9.55. The van der Waals surface area contributed by atoms with Gasteiger partial charge in [-0.15, -0.1) is 0 Å². The number of rotatable bonds is 3. The van der Waals surface area contributed by atoms with Gasteiger partial charge in [-0.05, 0) is 22.3 Å². The van der Waals surface area contributed by atoms with Crippen LogP contribution in [-0.4, -0.2) is 35.8 Å². The average molecular weight is 361 g/mol. The van der Waals surface area contributed by atoms with E-state index in [1.807, 2.05) is 24.3 Å². The van der Waals surface area contributed by atoms with Crippen molar-refractivity contribution in [2.75, 3.05) is 13.2 Å². The Hall–Kier alpha value is -2.95. The van der Waals surface area contributed by atoms with E-state index >= 15 is 0 Å². The second-order valence-corrected chi connectivity index (χ2v) is 7.43. The Morgan fingerprint density at radius 3 is 1.63 bits per heavy atom. The van der Waals surface area contributed by atoms with Crippen LogP contribution in [0.1, 0.15) is 41.0 Å². The number of carbonyl (C=O) groups is 3. The van der Waals surface area contributed by atoms with Crippen molar-refractivity contribution in [2.24, 2.45) is 11.8 Å². The first-order chi connectivity index (χ1) is 13.1. The van der Waals surface area contributed by atoms with E-state index in [2.05, 4.69) is 24.3 Å². The molecule has 4 aliphatic rings. The molecule has 1 saturated heterocycles. The Labute approximate surface area is 156 Å². The fourth-order valence-electron chi connectivity index (χ4n) is 5.24. The topological polar surface area (TPSA) is 63.7 Å². The van der Waals surface area contributed by atoms with Crippen molar-refractivity contribution >= 4 is 17.8 Å². The summed E-state index contributed by atoms with van der Waals surface area (Å²) in [6.07, 6.45) is 0. The highest BCUT2D eigenvalue weighted by Gasteiger charge is 2.61. The largest absolute Gasteiger partial charge is 0.464 e. The lowest BCUT2D eigenvalue weighted by Gasteiger charge is -2.45. The van der Waals surface area contributed by atoms with Gasteiger partial charge in [0.2, 0.25) is 11.8 Å². The minimum absolute atomic E-state index is 0.0431. The number of ether oxygens (including phenoxy) is 1. The second-order valence-electron chi connectivity index (χ2n) is 7.43. The SMILES string of the molecule is CC(=O)OCCN1C(=O)[C@@H]2C3c4ccccc4C(c4ccccc43)[C@@H]2C1=O. The Morgan fingerprint density at radius 2 is 1.26 bits per heavy atom. The average Bonchev–Trinajstić information content (AvgIpc) is 2.93. The van der Waals surface area contributed by atoms with Crippen molar-refractivity contribution in [3.63, 3.8) is 0 Å². The Balaban J connectivity index is 1.60. The van der Waals surface area contributed by atoms with Gasteiger partial charge < -0.3 is 4.74 Å². The highest BCUT2D eigenvalue weighted by molar-refractivity contribution is 6.07. The maximum Gasteiger partial charge on any atom is 0.302 e. The van der Waals surface area contributed by atoms with Gasteiger partial charge in [-0.2, -0.15) is 0 Å². The molecule has 2 amide bonds. The zero-order chi connectivity index (χ0) is 18.7. The van der Waals surface area contributed by atoms with Crippen molar-refractivity contribution in [3.05, 3.63) is 70.8 Å². The van der Waals surface area contributed by atoms with Crippen molar-refractivity contribution in [1.82, 2.24) is 4.90 Å². The summed E-state index contributed by atoms with van der Waals surface area (Å²) >= 11 is 0. The summed E-state index contributed by atoms with van der Waals surface area (Å²) in [5, 5.41) is 0. The molecule has 0 unspecified atom stereocenters. The Kier molecular flexibility index (Phi) is 3.47. The van der Waals surface area contributed by atoms with E-state index in [-0.39, 0.29) is 48.6 Å². The number of likely N-dealkylation sites (tertiary alicyclic amines) is 1. The first-order valence-corrected chi connectivity index (χ1v) is 9.26. The van der Waals surface area contributed by atoms with Gasteiger partial charge in [0.1, 0.15) is 6.61 Å². The zero-order valence-corrected chi connectivity index (χ0v) is 14.9. The molecule has 2 aromatic rings. The van der Waals surface area contributed by atoms with E-state index in [0.29, 0.717) is 0 Å². The molecule has 0 aromatic heterocycles. The third-order valence-corrected chi connectivity index (χ3v) is 6.16. The van der Waals surface area contributed by atoms with Gasteiger partial charge in [0.15, 0.2) is 0 Å². The van der Waals surface area contributed by atoms with Crippen LogP contribution in [0, 0.1) is 11.8 Å². The molecule has 0 spiro atoms. The van der Waals surface area contributed by atoms with Gasteiger partial charge in [0, 0.05) is 18.8 Å². The maximum atomic E-state index is 13.2. The molecule has 1 heterocycles. The van der Waals surface area contributed by atoms with Crippen LogP contribution in [0.3, 0.4) is 0 Å². The van der Waals surface area contributed by atoms with E-state index in [1.54, 1.807) is 0 Å². The van der Waals surface area contributed by atoms with Crippen LogP contribution in [0.4, 0.5) is 0 Å². The first kappa shape index (κ1) is 16.2. The number of benzene rings is 2. The lowest BCUT2D eigenvalue weighted by molar-refractivity contribution is -0.147. The van der Waals surface area contributed by atoms with E-state index in [9.17, 15) is 14.4 Å². The fraction of sp³-hybridized carbons (Fsp3) is 0.318. The highest BCUT2D eigenvalue weighted by Crippen LogP contribution is 2.60. The smallest absolute Gasteiger partial charge is 0.302 e. The van der Waals surface area contributed by atoms with E-state index in [0.717, 1.165) is 22.3 Å². The van der Waals surface area contributed by atoms with Crippen LogP contribution in [0.5, 0.6) is 0 Å². The van der Waals surface area contributed by atoms with Crippen molar-refractivity contribution < 1.29 is 19.1 Å². The summed E-state index contributed by atoms with van der Waals surface area (Å²) < 4.78 is 4.96. The molecule has 136 valence electrons. The number of hydrogen-bond donors (Lipinski definition) is 0. The molecule has 0 N–H and O–H groups in total. The minimum Gasteiger partial charge on any atom is -0.464 e. The number of imide groups is 1. The summed E-state index contributed by atoms with van der Waals surface area (Å²) in [4.78, 5) is 38.7. The summed E-state index contributed by atoms with van der Waals surface area (Å²) in [5.74, 6) is -1.63. The van der Waals surface area contributed by atoms with E-state index in [1.165, 1.54) is 11.8 Å². The van der Waals surface area contributed by atoms with Crippen molar-refractivity contribution in [2.45, 2.75) is 18.8 Å². The molecule has 1 fully saturated rings. The molecule has 5 nitrogen and oxygen atoms in total. The standard InChI is InChI=1S/C22H19NO4/c1-12(24)27-11-10-23-21(25)19-17-13-6-2-3-7-14(13)18(20(19)22(23)26)16-9-5-4-8-15(16)17/h2-9,17-20H,10-11H2,1H3/t17?,18?,19-,20+. The monoisotopic (exact) mass is 361 g/mol. The number of esters is 1. The van der Waals surface area contributed by atoms with Gasteiger partial charge in [-0.3, -0.25) is 19.3 Å². The van der Waals surface area contributed by atoms with Crippen LogP contribution in [0.2, 0.25) is 0 Å². The second kappa shape index (κ2) is 5.78. The zero-order valence-electron chi connectivity index (χ0n) is 14.9. The Morgan fingerprint density at radius 1 is 0.852 bits per heavy atom. The molecule has 2 bridgehead atoms. The predicted molar refractivity (Wildman–Crippen MR) is 96.9 cm³/mol. The van der Waals surface area contributed by atoms with Gasteiger partial charge in [-0.1, -0.05) is 48.5 Å². The third kappa shape index (κ3) is 2.14. The molecular formula is C22H19NO4. The molecule has 0 saturated carbocycles. The normalized spacial score (nSPS) is 27.2. The summed E-state index contributed by atoms with van der Waals surface area (Å²) in [7, 11) is 0. The fourth-order valence-corrected chi connectivity index (χ4v) is 5.24. The van der Waals surface area contributed by atoms with Crippen molar-refractivity contribution in [1.29, 1.82) is 0 Å². The lowest BCUT2D eigenvalue weighted by Crippen LogP contribution is -2.41. The summed E-state index contributed by atoms with van der Waals surface area (Å²) in [6, 6.07) is 16.3. The Bertz CT molecular complexity index is 866. The van der Waals surface area contributed by atoms with Crippen LogP contribution < -0.4 is 0 Å². The molecule has 2 aromatic carbocycles. The van der Waals surface area contributed by atoms with Gasteiger partial charge in [-0.25, -0.2) is 0 Å². The van der Waals surface area contributed by atoms with Crippen LogP contribution in [-0.2, 0) is 19.1 Å². The molecule has 27 heavy (non-hydrogen) atoms. The molecule has 6 rings (SSSR count). The number of carbonyl (C=O) groups excluding carboxylic acids is 3. The van der Waals surface area contributed by atoms with Crippen LogP contribution in [0.25, 0.3) is 0 Å². The van der Waals surface area contributed by atoms with Gasteiger partial charge >= 0.3 is 5.97 Å². The summed E-state index contributed by atoms with van der Waals surface area (Å²) in [6.45, 7) is 1.48. The minimum atomic E-state index is -0.411. The third-order valence-electron chi connectivity index (χ3n) is 6.16. The number of hydrogen-bond acceptors (Lipinski definition) is 4. The molecular weight excluding hydrogens is 342 g/mol. The molecule has 3 aliphatic carbocycles. The first-order valence-electron chi connectivity index (χ1n) is 9.26. The number of nitrogens with zero attached hydrogens (tertiary/aromatic N) is 1. The maximum absolute atomic E-state index is 13.2. The highest BCUT2D eigenvalue weighted by atomic mass is 16.5. The van der Waals surface area contributed by atoms with E-state index in [4.69, 9.17) is 4.74 Å². The van der Waals surface area contributed by atoms with Crippen LogP contribution in [0.15, 0.2) is 48.5 Å². The van der Waals surface area contributed by atoms with E-state index < -0.39 is 5.97 Å². The quantitative estimate of drug-likeness (QED) is 0.622. The van der Waals surface area contributed by atoms with Crippen molar-refractivity contribution in [3.8, 4) is 0 Å². The molecule has 5 heteroatoms. The predicted octanol–water partition coefficient (Wildman–Crippen LogP) is 2.44. The summed E-state index contributed by atoms with van der Waals surface area (Å²) in [5.41, 5.74) is 4.63.